The van der Waals surface area contributed by atoms with Crippen LogP contribution in [0, 0.1) is 0 Å². The van der Waals surface area contributed by atoms with Crippen molar-refractivity contribution in [2.75, 3.05) is 7.11 Å². The second-order valence-corrected chi connectivity index (χ2v) is 8.78. The predicted octanol–water partition coefficient (Wildman–Crippen LogP) is 4.70. The van der Waals surface area contributed by atoms with Gasteiger partial charge in [-0.1, -0.05) is 42.1 Å². The van der Waals surface area contributed by atoms with E-state index in [2.05, 4.69) is 20.5 Å². The van der Waals surface area contributed by atoms with Crippen LogP contribution in [0.25, 0.3) is 17.1 Å². The average molecular weight is 460 g/mol. The van der Waals surface area contributed by atoms with Crippen molar-refractivity contribution in [3.05, 3.63) is 84.7 Å². The Morgan fingerprint density at radius 3 is 2.33 bits per heavy atom. The monoisotopic (exact) mass is 459 g/mol. The summed E-state index contributed by atoms with van der Waals surface area (Å²) in [6.07, 6.45) is 3.44. The Hall–Kier alpha value is -3.65. The standard InChI is InChI=1S/C25H25N5O2S/c1-17(19-7-5-4-6-8-19)27-24(31)18(2)33-25-29-28-23(20-13-15-26-16-14-20)30(25)21-9-11-22(32-3)12-10-21/h4-18H,1-3H3,(H,27,31)/t17-,18-/m1/s1. The smallest absolute Gasteiger partial charge is 0.233 e. The number of amides is 1. The molecular formula is C25H25N5O2S. The first-order valence-electron chi connectivity index (χ1n) is 10.6. The molecule has 0 radical (unpaired) electrons. The highest BCUT2D eigenvalue weighted by Crippen LogP contribution is 2.31. The van der Waals surface area contributed by atoms with E-state index in [0.29, 0.717) is 11.0 Å². The first-order chi connectivity index (χ1) is 16.1. The van der Waals surface area contributed by atoms with E-state index in [1.807, 2.05) is 85.1 Å². The van der Waals surface area contributed by atoms with Gasteiger partial charge < -0.3 is 10.1 Å². The molecule has 0 aliphatic heterocycles. The number of methoxy groups -OCH3 is 1. The zero-order valence-electron chi connectivity index (χ0n) is 18.7. The molecule has 1 amide bonds. The SMILES string of the molecule is COc1ccc(-n2c(S[C@H](C)C(=O)N[C@H](C)c3ccccc3)nnc2-c2ccncc2)cc1. The van der Waals surface area contributed by atoms with Gasteiger partial charge in [0.25, 0.3) is 0 Å². The lowest BCUT2D eigenvalue weighted by molar-refractivity contribution is -0.120. The molecule has 0 unspecified atom stereocenters. The molecule has 2 atom stereocenters. The number of pyridine rings is 1. The Balaban J connectivity index is 1.60. The topological polar surface area (TPSA) is 81.9 Å². The van der Waals surface area contributed by atoms with E-state index < -0.39 is 0 Å². The maximum Gasteiger partial charge on any atom is 0.233 e. The predicted molar refractivity (Wildman–Crippen MR) is 129 cm³/mol. The van der Waals surface area contributed by atoms with Crippen LogP contribution in [-0.4, -0.2) is 38.0 Å². The van der Waals surface area contributed by atoms with Crippen LogP contribution in [0.2, 0.25) is 0 Å². The average Bonchev–Trinajstić information content (AvgIpc) is 3.28. The van der Waals surface area contributed by atoms with Crippen molar-refractivity contribution in [3.63, 3.8) is 0 Å². The van der Waals surface area contributed by atoms with Gasteiger partial charge in [-0.15, -0.1) is 10.2 Å². The number of nitrogens with zero attached hydrogens (tertiary/aromatic N) is 4. The number of carbonyl (C=O) groups excluding carboxylic acids is 1. The fourth-order valence-corrected chi connectivity index (χ4v) is 4.24. The number of hydrogen-bond acceptors (Lipinski definition) is 6. The minimum absolute atomic E-state index is 0.0638. The van der Waals surface area contributed by atoms with Crippen molar-refractivity contribution >= 4 is 17.7 Å². The molecule has 4 rings (SSSR count). The van der Waals surface area contributed by atoms with Crippen LogP contribution in [-0.2, 0) is 4.79 Å². The number of ether oxygens (including phenoxy) is 1. The van der Waals surface area contributed by atoms with Gasteiger partial charge in [0.05, 0.1) is 18.4 Å². The van der Waals surface area contributed by atoms with Crippen molar-refractivity contribution in [3.8, 4) is 22.8 Å². The fourth-order valence-electron chi connectivity index (χ4n) is 3.37. The van der Waals surface area contributed by atoms with Gasteiger partial charge in [0.15, 0.2) is 11.0 Å². The quantitative estimate of drug-likeness (QED) is 0.385. The van der Waals surface area contributed by atoms with Gasteiger partial charge in [0.1, 0.15) is 5.75 Å². The number of aromatic nitrogens is 4. The number of rotatable bonds is 8. The summed E-state index contributed by atoms with van der Waals surface area (Å²) < 4.78 is 7.24. The molecule has 8 heteroatoms. The summed E-state index contributed by atoms with van der Waals surface area (Å²) in [5.74, 6) is 1.37. The van der Waals surface area contributed by atoms with E-state index in [1.54, 1.807) is 19.5 Å². The number of thioether (sulfide) groups is 1. The molecule has 4 aromatic rings. The number of nitrogens with one attached hydrogen (secondary N) is 1. The third-order valence-corrected chi connectivity index (χ3v) is 6.25. The summed E-state index contributed by atoms with van der Waals surface area (Å²) in [6.45, 7) is 3.85. The Kier molecular flexibility index (Phi) is 7.04. The van der Waals surface area contributed by atoms with E-state index in [4.69, 9.17) is 4.74 Å². The third kappa shape index (κ3) is 5.23. The van der Waals surface area contributed by atoms with Crippen molar-refractivity contribution in [2.45, 2.75) is 30.3 Å². The van der Waals surface area contributed by atoms with E-state index in [-0.39, 0.29) is 17.2 Å². The van der Waals surface area contributed by atoms with Crippen molar-refractivity contribution < 1.29 is 9.53 Å². The van der Waals surface area contributed by atoms with E-state index in [0.717, 1.165) is 22.6 Å². The summed E-state index contributed by atoms with van der Waals surface area (Å²) in [4.78, 5) is 17.0. The van der Waals surface area contributed by atoms with Gasteiger partial charge in [-0.05, 0) is 55.8 Å². The third-order valence-electron chi connectivity index (χ3n) is 5.21. The molecule has 0 bridgehead atoms. The molecule has 2 heterocycles. The number of benzene rings is 2. The van der Waals surface area contributed by atoms with Gasteiger partial charge in [-0.25, -0.2) is 0 Å². The number of hydrogen-bond donors (Lipinski definition) is 1. The number of carbonyl (C=O) groups is 1. The summed E-state index contributed by atoms with van der Waals surface area (Å²) in [6, 6.07) is 21.2. The van der Waals surface area contributed by atoms with Gasteiger partial charge in [-0.2, -0.15) is 0 Å². The van der Waals surface area contributed by atoms with Crippen LogP contribution in [0.1, 0.15) is 25.5 Å². The first kappa shape index (κ1) is 22.5. The van der Waals surface area contributed by atoms with Gasteiger partial charge in [0, 0.05) is 23.6 Å². The Bertz CT molecular complexity index is 1200. The van der Waals surface area contributed by atoms with Crippen molar-refractivity contribution in [2.24, 2.45) is 0 Å². The highest BCUT2D eigenvalue weighted by atomic mass is 32.2. The molecule has 0 aliphatic rings. The Morgan fingerprint density at radius 1 is 0.970 bits per heavy atom. The molecule has 0 spiro atoms. The lowest BCUT2D eigenvalue weighted by Crippen LogP contribution is -2.33. The van der Waals surface area contributed by atoms with Gasteiger partial charge in [0.2, 0.25) is 5.91 Å². The second-order valence-electron chi connectivity index (χ2n) is 7.48. The summed E-state index contributed by atoms with van der Waals surface area (Å²) in [5, 5.41) is 12.2. The largest absolute Gasteiger partial charge is 0.497 e. The van der Waals surface area contributed by atoms with E-state index in [9.17, 15) is 4.79 Å². The highest BCUT2D eigenvalue weighted by molar-refractivity contribution is 8.00. The molecule has 1 N–H and O–H groups in total. The second kappa shape index (κ2) is 10.3. The Morgan fingerprint density at radius 2 is 1.67 bits per heavy atom. The van der Waals surface area contributed by atoms with E-state index in [1.165, 1.54) is 11.8 Å². The Labute approximate surface area is 197 Å². The minimum atomic E-state index is -0.373. The molecule has 0 saturated carbocycles. The summed E-state index contributed by atoms with van der Waals surface area (Å²) in [5.41, 5.74) is 2.82. The van der Waals surface area contributed by atoms with Crippen LogP contribution < -0.4 is 10.1 Å². The van der Waals surface area contributed by atoms with Crippen LogP contribution in [0.15, 0.2) is 84.3 Å². The molecule has 2 aromatic carbocycles. The van der Waals surface area contributed by atoms with Crippen LogP contribution in [0.3, 0.4) is 0 Å². The van der Waals surface area contributed by atoms with Crippen LogP contribution >= 0.6 is 11.8 Å². The van der Waals surface area contributed by atoms with Crippen molar-refractivity contribution in [1.29, 1.82) is 0 Å². The molecule has 0 saturated heterocycles. The highest BCUT2D eigenvalue weighted by Gasteiger charge is 2.23. The lowest BCUT2D eigenvalue weighted by Gasteiger charge is -2.18. The molecule has 0 aliphatic carbocycles. The molecule has 7 nitrogen and oxygen atoms in total. The van der Waals surface area contributed by atoms with Gasteiger partial charge in [-0.3, -0.25) is 14.3 Å². The summed E-state index contributed by atoms with van der Waals surface area (Å²) >= 11 is 1.37. The zero-order chi connectivity index (χ0) is 23.2. The maximum atomic E-state index is 12.9. The lowest BCUT2D eigenvalue weighted by atomic mass is 10.1. The van der Waals surface area contributed by atoms with Gasteiger partial charge >= 0.3 is 0 Å². The zero-order valence-corrected chi connectivity index (χ0v) is 19.5. The molecule has 2 aromatic heterocycles. The summed E-state index contributed by atoms with van der Waals surface area (Å²) in [7, 11) is 1.63. The maximum absolute atomic E-state index is 12.9. The van der Waals surface area contributed by atoms with Crippen LogP contribution in [0.4, 0.5) is 0 Å². The molecule has 0 fully saturated rings. The van der Waals surface area contributed by atoms with Crippen LogP contribution in [0.5, 0.6) is 5.75 Å². The van der Waals surface area contributed by atoms with E-state index >= 15 is 0 Å². The van der Waals surface area contributed by atoms with Crippen molar-refractivity contribution in [1.82, 2.24) is 25.1 Å². The molecule has 168 valence electrons. The first-order valence-corrected chi connectivity index (χ1v) is 11.5. The molecular weight excluding hydrogens is 434 g/mol. The molecule has 33 heavy (non-hydrogen) atoms. The fraction of sp³-hybridized carbons (Fsp3) is 0.200. The normalized spacial score (nSPS) is 12.7. The minimum Gasteiger partial charge on any atom is -0.497 e.